The van der Waals surface area contributed by atoms with Gasteiger partial charge >= 0.3 is 6.03 Å². The van der Waals surface area contributed by atoms with Gasteiger partial charge in [-0.3, -0.25) is 9.59 Å². The SMILES string of the molecule is COc1ccc(NC(=O)N(C)C[C@@H]2OCCCC[C@@H](C)Oc3ccc(NC(=O)CCCN(C)C)cc3C(=O)N([C@H](C)CO)C[C@H]2C)cc1. The summed E-state index contributed by atoms with van der Waals surface area (Å²) in [6.45, 7) is 7.33. The standard InChI is InChI=1S/C36H55N5O7/c1-25-22-41(26(2)24-42)35(44)31-21-29(37-34(43)12-10-19-39(4)5)15-18-32(31)48-27(3)11-8-9-20-47-33(25)23-40(6)36(45)38-28-13-16-30(46-7)17-14-28/h13-18,21,25-27,33,42H,8-12,19-20,22-24H2,1-7H3,(H,37,43)(H,38,45)/t25-,26-,27-,33+/m1/s1. The van der Waals surface area contributed by atoms with Gasteiger partial charge in [-0.2, -0.15) is 0 Å². The highest BCUT2D eigenvalue weighted by molar-refractivity contribution is 5.99. The molecule has 0 bridgehead atoms. The first-order chi connectivity index (χ1) is 22.9. The average molecular weight is 670 g/mol. The summed E-state index contributed by atoms with van der Waals surface area (Å²) in [6.07, 6.45) is 2.93. The Balaban J connectivity index is 1.85. The lowest BCUT2D eigenvalue weighted by Crippen LogP contribution is -2.48. The molecule has 2 aromatic rings. The Morgan fingerprint density at radius 2 is 1.77 bits per heavy atom. The quantitative estimate of drug-likeness (QED) is 0.307. The van der Waals surface area contributed by atoms with Crippen LogP contribution in [0.3, 0.4) is 0 Å². The molecule has 4 atom stereocenters. The summed E-state index contributed by atoms with van der Waals surface area (Å²) in [6, 6.07) is 11.4. The number of anilines is 2. The van der Waals surface area contributed by atoms with E-state index in [1.54, 1.807) is 73.3 Å². The molecule has 3 N–H and O–H groups in total. The van der Waals surface area contributed by atoms with Crippen molar-refractivity contribution < 1.29 is 33.7 Å². The van der Waals surface area contributed by atoms with Crippen LogP contribution in [-0.4, -0.2) is 117 Å². The third-order valence-corrected chi connectivity index (χ3v) is 8.49. The fourth-order valence-electron chi connectivity index (χ4n) is 5.49. The molecule has 0 unspecified atom stereocenters. The van der Waals surface area contributed by atoms with Crippen molar-refractivity contribution in [2.24, 2.45) is 5.92 Å². The lowest BCUT2D eigenvalue weighted by atomic mass is 10.0. The minimum absolute atomic E-state index is 0.131. The van der Waals surface area contributed by atoms with Crippen LogP contribution in [0.2, 0.25) is 0 Å². The third kappa shape index (κ3) is 12.0. The Labute approximate surface area is 285 Å². The largest absolute Gasteiger partial charge is 0.497 e. The van der Waals surface area contributed by atoms with E-state index in [9.17, 15) is 19.5 Å². The van der Waals surface area contributed by atoms with E-state index in [-0.39, 0.29) is 49.1 Å². The zero-order valence-corrected chi connectivity index (χ0v) is 29.7. The molecule has 12 heteroatoms. The van der Waals surface area contributed by atoms with Crippen molar-refractivity contribution in [2.75, 3.05) is 71.7 Å². The second-order valence-corrected chi connectivity index (χ2v) is 13.0. The van der Waals surface area contributed by atoms with Gasteiger partial charge in [-0.1, -0.05) is 6.92 Å². The first-order valence-corrected chi connectivity index (χ1v) is 16.9. The molecule has 0 aliphatic carbocycles. The number of fused-ring (bicyclic) bond motifs is 1. The minimum atomic E-state index is -0.515. The van der Waals surface area contributed by atoms with Gasteiger partial charge in [0.15, 0.2) is 0 Å². The van der Waals surface area contributed by atoms with E-state index in [0.717, 1.165) is 25.8 Å². The zero-order valence-electron chi connectivity index (χ0n) is 29.7. The monoisotopic (exact) mass is 669 g/mol. The zero-order chi connectivity index (χ0) is 35.2. The number of ether oxygens (including phenoxy) is 3. The van der Waals surface area contributed by atoms with E-state index in [0.29, 0.717) is 54.4 Å². The van der Waals surface area contributed by atoms with Crippen molar-refractivity contribution in [3.05, 3.63) is 48.0 Å². The highest BCUT2D eigenvalue weighted by Crippen LogP contribution is 2.29. The van der Waals surface area contributed by atoms with Crippen LogP contribution >= 0.6 is 0 Å². The van der Waals surface area contributed by atoms with Crippen molar-refractivity contribution in [1.29, 1.82) is 0 Å². The van der Waals surface area contributed by atoms with Gasteiger partial charge in [0, 0.05) is 50.5 Å². The summed E-state index contributed by atoms with van der Waals surface area (Å²) in [5.41, 5.74) is 1.45. The van der Waals surface area contributed by atoms with E-state index in [1.165, 1.54) is 0 Å². The number of benzene rings is 2. The number of amides is 4. The van der Waals surface area contributed by atoms with Gasteiger partial charge < -0.3 is 44.7 Å². The maximum absolute atomic E-state index is 14.3. The predicted molar refractivity (Wildman–Crippen MR) is 188 cm³/mol. The maximum Gasteiger partial charge on any atom is 0.321 e. The van der Waals surface area contributed by atoms with E-state index < -0.39 is 6.04 Å². The predicted octanol–water partition coefficient (Wildman–Crippen LogP) is 4.93. The lowest BCUT2D eigenvalue weighted by Gasteiger charge is -2.35. The molecule has 266 valence electrons. The fourth-order valence-corrected chi connectivity index (χ4v) is 5.49. The van der Waals surface area contributed by atoms with Crippen molar-refractivity contribution in [3.63, 3.8) is 0 Å². The van der Waals surface area contributed by atoms with E-state index in [1.807, 2.05) is 32.8 Å². The fraction of sp³-hybridized carbons (Fsp3) is 0.583. The Kier molecular flexibility index (Phi) is 15.4. The summed E-state index contributed by atoms with van der Waals surface area (Å²) >= 11 is 0. The number of carbonyl (C=O) groups is 3. The molecule has 0 radical (unpaired) electrons. The van der Waals surface area contributed by atoms with Crippen LogP contribution in [0.25, 0.3) is 0 Å². The van der Waals surface area contributed by atoms with Gasteiger partial charge in [-0.05, 0) is 103 Å². The molecule has 48 heavy (non-hydrogen) atoms. The van der Waals surface area contributed by atoms with Crippen LogP contribution in [-0.2, 0) is 9.53 Å². The summed E-state index contributed by atoms with van der Waals surface area (Å²) in [4.78, 5) is 45.4. The van der Waals surface area contributed by atoms with Crippen LogP contribution in [0.1, 0.15) is 63.2 Å². The number of rotatable bonds is 11. The Hall–Kier alpha value is -3.87. The van der Waals surface area contributed by atoms with Crippen molar-refractivity contribution in [3.8, 4) is 11.5 Å². The van der Waals surface area contributed by atoms with E-state index in [2.05, 4.69) is 10.6 Å². The summed E-state index contributed by atoms with van der Waals surface area (Å²) in [7, 11) is 7.23. The van der Waals surface area contributed by atoms with Crippen LogP contribution in [0.15, 0.2) is 42.5 Å². The van der Waals surface area contributed by atoms with Gasteiger partial charge in [0.25, 0.3) is 5.91 Å². The first kappa shape index (κ1) is 38.6. The van der Waals surface area contributed by atoms with Gasteiger partial charge in [-0.15, -0.1) is 0 Å². The van der Waals surface area contributed by atoms with Crippen LogP contribution < -0.4 is 20.1 Å². The number of hydrogen-bond acceptors (Lipinski definition) is 8. The third-order valence-electron chi connectivity index (χ3n) is 8.49. The van der Waals surface area contributed by atoms with Gasteiger partial charge in [0.05, 0.1) is 37.5 Å². The molecule has 12 nitrogen and oxygen atoms in total. The molecule has 4 amide bonds. The Bertz CT molecular complexity index is 1320. The van der Waals surface area contributed by atoms with Crippen molar-refractivity contribution >= 4 is 29.2 Å². The molecular weight excluding hydrogens is 614 g/mol. The minimum Gasteiger partial charge on any atom is -0.497 e. The number of nitrogens with one attached hydrogen (secondary N) is 2. The molecule has 1 heterocycles. The Morgan fingerprint density at radius 1 is 1.06 bits per heavy atom. The maximum atomic E-state index is 14.3. The number of nitrogens with zero attached hydrogens (tertiary/aromatic N) is 3. The molecule has 1 aliphatic heterocycles. The molecule has 0 spiro atoms. The number of hydrogen-bond donors (Lipinski definition) is 3. The van der Waals surface area contributed by atoms with Gasteiger partial charge in [-0.25, -0.2) is 4.79 Å². The van der Waals surface area contributed by atoms with Crippen LogP contribution in [0, 0.1) is 5.92 Å². The number of urea groups is 1. The Morgan fingerprint density at radius 3 is 2.44 bits per heavy atom. The summed E-state index contributed by atoms with van der Waals surface area (Å²) in [5.74, 6) is 0.467. The highest BCUT2D eigenvalue weighted by Gasteiger charge is 2.31. The molecule has 0 saturated heterocycles. The van der Waals surface area contributed by atoms with E-state index >= 15 is 0 Å². The number of aliphatic hydroxyl groups excluding tert-OH is 1. The van der Waals surface area contributed by atoms with Crippen molar-refractivity contribution in [2.45, 2.75) is 71.1 Å². The van der Waals surface area contributed by atoms with Crippen LogP contribution in [0.4, 0.5) is 16.2 Å². The normalized spacial score (nSPS) is 19.8. The molecule has 0 aromatic heterocycles. The summed E-state index contributed by atoms with van der Waals surface area (Å²) < 4.78 is 17.9. The second-order valence-electron chi connectivity index (χ2n) is 13.0. The molecule has 1 aliphatic rings. The molecule has 0 fully saturated rings. The first-order valence-electron chi connectivity index (χ1n) is 16.9. The molecule has 3 rings (SSSR count). The average Bonchev–Trinajstić information content (AvgIpc) is 3.06. The van der Waals surface area contributed by atoms with E-state index in [4.69, 9.17) is 14.2 Å². The number of likely N-dealkylation sites (N-methyl/N-ethyl adjacent to an activating group) is 1. The summed E-state index contributed by atoms with van der Waals surface area (Å²) in [5, 5.41) is 16.1. The smallest absolute Gasteiger partial charge is 0.321 e. The number of aliphatic hydroxyl groups is 1. The molecule has 2 aromatic carbocycles. The number of methoxy groups -OCH3 is 1. The van der Waals surface area contributed by atoms with Gasteiger partial charge in [0.2, 0.25) is 5.91 Å². The highest BCUT2D eigenvalue weighted by atomic mass is 16.5. The second kappa shape index (κ2) is 19.2. The number of carbonyl (C=O) groups excluding carboxylic acids is 3. The van der Waals surface area contributed by atoms with Crippen molar-refractivity contribution in [1.82, 2.24) is 14.7 Å². The molecule has 0 saturated carbocycles. The van der Waals surface area contributed by atoms with Crippen LogP contribution in [0.5, 0.6) is 11.5 Å². The lowest BCUT2D eigenvalue weighted by molar-refractivity contribution is -0.116. The topological polar surface area (TPSA) is 133 Å². The molecular formula is C36H55N5O7. The van der Waals surface area contributed by atoms with Gasteiger partial charge in [0.1, 0.15) is 11.5 Å².